The molecule has 1 aliphatic rings. The van der Waals surface area contributed by atoms with Gasteiger partial charge in [0.05, 0.1) is 5.56 Å². The van der Waals surface area contributed by atoms with Crippen molar-refractivity contribution in [1.82, 2.24) is 0 Å². The summed E-state index contributed by atoms with van der Waals surface area (Å²) in [5.41, 5.74) is -0.0689. The number of benzene rings is 2. The van der Waals surface area contributed by atoms with E-state index in [0.717, 1.165) is 30.9 Å². The van der Waals surface area contributed by atoms with Gasteiger partial charge in [-0.05, 0) is 60.1 Å². The van der Waals surface area contributed by atoms with Crippen molar-refractivity contribution in [2.45, 2.75) is 58.3 Å². The minimum atomic E-state index is -1.04. The maximum absolute atomic E-state index is 14.5. The third-order valence-corrected chi connectivity index (χ3v) is 6.36. The van der Waals surface area contributed by atoms with Crippen molar-refractivity contribution in [1.29, 1.82) is 0 Å². The van der Waals surface area contributed by atoms with Crippen LogP contribution < -0.4 is 0 Å². The zero-order valence-electron chi connectivity index (χ0n) is 16.0. The van der Waals surface area contributed by atoms with Gasteiger partial charge in [-0.3, -0.25) is 0 Å². The molecule has 0 N–H and O–H groups in total. The lowest BCUT2D eigenvalue weighted by Crippen LogP contribution is -2.14. The maximum atomic E-state index is 14.5. The second-order valence-electron chi connectivity index (χ2n) is 7.88. The standard InChI is InChI=1S/C23H25ClF4/c1-2-14-6-8-15(9-7-14)4-3-5-16-10-18(25)22(19(26)11-16)17-12-20(27)23(24)21(28)13-17/h10-15H,2-9H2,1H3. The maximum Gasteiger partial charge on any atom is 0.145 e. The van der Waals surface area contributed by atoms with Crippen LogP contribution in [-0.2, 0) is 6.42 Å². The van der Waals surface area contributed by atoms with Crippen LogP contribution in [0, 0.1) is 35.1 Å². The SMILES string of the molecule is CCC1CCC(CCCc2cc(F)c(-c3cc(F)c(Cl)c(F)c3)c(F)c2)CC1. The first-order valence-electron chi connectivity index (χ1n) is 10.0. The minimum Gasteiger partial charge on any atom is -0.206 e. The van der Waals surface area contributed by atoms with Gasteiger partial charge in [-0.25, -0.2) is 17.6 Å². The van der Waals surface area contributed by atoms with Gasteiger partial charge in [0.25, 0.3) is 0 Å². The topological polar surface area (TPSA) is 0 Å². The van der Waals surface area contributed by atoms with Crippen LogP contribution in [0.15, 0.2) is 24.3 Å². The summed E-state index contributed by atoms with van der Waals surface area (Å²) < 4.78 is 56.3. The minimum absolute atomic E-state index is 0.200. The van der Waals surface area contributed by atoms with Crippen LogP contribution >= 0.6 is 11.6 Å². The van der Waals surface area contributed by atoms with Gasteiger partial charge in [0.2, 0.25) is 0 Å². The Morgan fingerprint density at radius 3 is 1.89 bits per heavy atom. The monoisotopic (exact) mass is 412 g/mol. The highest BCUT2D eigenvalue weighted by molar-refractivity contribution is 6.31. The predicted octanol–water partition coefficient (Wildman–Crippen LogP) is 8.10. The largest absolute Gasteiger partial charge is 0.206 e. The molecule has 0 bridgehead atoms. The molecule has 28 heavy (non-hydrogen) atoms. The Kier molecular flexibility index (Phi) is 7.03. The first kappa shape index (κ1) is 21.2. The summed E-state index contributed by atoms with van der Waals surface area (Å²) in [5, 5.41) is -0.686. The van der Waals surface area contributed by atoms with E-state index in [1.807, 2.05) is 0 Å². The van der Waals surface area contributed by atoms with Gasteiger partial charge < -0.3 is 0 Å². The third-order valence-electron chi connectivity index (χ3n) is 6.00. The number of aryl methyl sites for hydroxylation is 1. The fraction of sp³-hybridized carbons (Fsp3) is 0.478. The Bertz CT molecular complexity index is 779. The van der Waals surface area contributed by atoms with Crippen molar-refractivity contribution in [2.75, 3.05) is 0 Å². The Labute approximate surface area is 168 Å². The molecule has 0 nitrogen and oxygen atoms in total. The molecule has 1 saturated carbocycles. The van der Waals surface area contributed by atoms with Gasteiger partial charge in [0.15, 0.2) is 0 Å². The summed E-state index contributed by atoms with van der Waals surface area (Å²) in [6.07, 6.45) is 8.84. The summed E-state index contributed by atoms with van der Waals surface area (Å²) in [4.78, 5) is 0. The van der Waals surface area contributed by atoms with E-state index in [0.29, 0.717) is 17.9 Å². The molecule has 0 aliphatic heterocycles. The lowest BCUT2D eigenvalue weighted by atomic mass is 9.79. The molecule has 0 heterocycles. The second-order valence-corrected chi connectivity index (χ2v) is 8.25. The molecule has 0 saturated heterocycles. The average Bonchev–Trinajstić information content (AvgIpc) is 2.66. The summed E-state index contributed by atoms with van der Waals surface area (Å²) in [6, 6.07) is 4.21. The lowest BCUT2D eigenvalue weighted by molar-refractivity contribution is 0.255. The van der Waals surface area contributed by atoms with E-state index >= 15 is 0 Å². The molecule has 0 aromatic heterocycles. The second kappa shape index (κ2) is 9.30. The highest BCUT2D eigenvalue weighted by Gasteiger charge is 2.20. The number of hydrogen-bond donors (Lipinski definition) is 0. The first-order valence-corrected chi connectivity index (χ1v) is 10.4. The van der Waals surface area contributed by atoms with Gasteiger partial charge >= 0.3 is 0 Å². The van der Waals surface area contributed by atoms with Crippen molar-refractivity contribution in [3.63, 3.8) is 0 Å². The molecule has 2 aromatic carbocycles. The smallest absolute Gasteiger partial charge is 0.145 e. The Hall–Kier alpha value is -1.55. The zero-order valence-corrected chi connectivity index (χ0v) is 16.8. The molecule has 0 amide bonds. The van der Waals surface area contributed by atoms with E-state index < -0.39 is 33.9 Å². The van der Waals surface area contributed by atoms with E-state index in [-0.39, 0.29) is 5.56 Å². The van der Waals surface area contributed by atoms with E-state index in [1.54, 1.807) is 0 Å². The Morgan fingerprint density at radius 2 is 1.36 bits per heavy atom. The molecule has 0 spiro atoms. The summed E-state index contributed by atoms with van der Waals surface area (Å²) in [5.74, 6) is -2.17. The van der Waals surface area contributed by atoms with Gasteiger partial charge in [-0.15, -0.1) is 0 Å². The molecule has 0 radical (unpaired) electrons. The predicted molar refractivity (Wildman–Crippen MR) is 105 cm³/mol. The highest BCUT2D eigenvalue weighted by atomic mass is 35.5. The van der Waals surface area contributed by atoms with Crippen LogP contribution in [0.5, 0.6) is 0 Å². The van der Waals surface area contributed by atoms with Crippen LogP contribution in [0.1, 0.15) is 57.4 Å². The molecule has 2 aromatic rings. The normalized spacial score (nSPS) is 19.8. The van der Waals surface area contributed by atoms with E-state index in [2.05, 4.69) is 6.92 Å². The first-order chi connectivity index (χ1) is 13.4. The average molecular weight is 413 g/mol. The fourth-order valence-electron chi connectivity index (χ4n) is 4.27. The lowest BCUT2D eigenvalue weighted by Gasteiger charge is -2.27. The van der Waals surface area contributed by atoms with Crippen LogP contribution in [0.25, 0.3) is 11.1 Å². The van der Waals surface area contributed by atoms with E-state index in [1.165, 1.54) is 44.2 Å². The van der Waals surface area contributed by atoms with Crippen molar-refractivity contribution < 1.29 is 17.6 Å². The molecule has 1 fully saturated rings. The quantitative estimate of drug-likeness (QED) is 0.332. The summed E-state index contributed by atoms with van der Waals surface area (Å²) >= 11 is 5.44. The molecule has 1 aliphatic carbocycles. The highest BCUT2D eigenvalue weighted by Crippen LogP contribution is 2.34. The summed E-state index contributed by atoms with van der Waals surface area (Å²) in [6.45, 7) is 2.24. The summed E-state index contributed by atoms with van der Waals surface area (Å²) in [7, 11) is 0. The number of halogens is 5. The molecular formula is C23H25ClF4. The van der Waals surface area contributed by atoms with Crippen LogP contribution in [0.3, 0.4) is 0 Å². The molecular weight excluding hydrogens is 388 g/mol. The third kappa shape index (κ3) is 4.89. The molecule has 5 heteroatoms. The molecule has 0 unspecified atom stereocenters. The van der Waals surface area contributed by atoms with E-state index in [4.69, 9.17) is 11.6 Å². The van der Waals surface area contributed by atoms with Crippen LogP contribution in [0.4, 0.5) is 17.6 Å². The Balaban J connectivity index is 1.65. The molecule has 3 rings (SSSR count). The van der Waals surface area contributed by atoms with Crippen LogP contribution in [0.2, 0.25) is 5.02 Å². The van der Waals surface area contributed by atoms with Gasteiger partial charge in [-0.1, -0.05) is 57.0 Å². The van der Waals surface area contributed by atoms with Crippen molar-refractivity contribution in [2.24, 2.45) is 11.8 Å². The van der Waals surface area contributed by atoms with Gasteiger partial charge in [-0.2, -0.15) is 0 Å². The van der Waals surface area contributed by atoms with Crippen molar-refractivity contribution in [3.8, 4) is 11.1 Å². The fourth-order valence-corrected chi connectivity index (χ4v) is 4.38. The molecule has 0 atom stereocenters. The number of rotatable bonds is 6. The van der Waals surface area contributed by atoms with E-state index in [9.17, 15) is 17.6 Å². The molecule has 152 valence electrons. The van der Waals surface area contributed by atoms with Crippen molar-refractivity contribution >= 4 is 11.6 Å². The van der Waals surface area contributed by atoms with Crippen molar-refractivity contribution in [3.05, 3.63) is 58.1 Å². The zero-order chi connectivity index (χ0) is 20.3. The number of hydrogen-bond acceptors (Lipinski definition) is 0. The van der Waals surface area contributed by atoms with Gasteiger partial charge in [0.1, 0.15) is 28.3 Å². The van der Waals surface area contributed by atoms with Gasteiger partial charge in [0, 0.05) is 0 Å². The Morgan fingerprint density at radius 1 is 0.821 bits per heavy atom. The van der Waals surface area contributed by atoms with Crippen LogP contribution in [-0.4, -0.2) is 0 Å².